The number of nitrogens with two attached hydrogens (primary N) is 1. The van der Waals surface area contributed by atoms with E-state index >= 15 is 0 Å². The van der Waals surface area contributed by atoms with Gasteiger partial charge in [0.15, 0.2) is 0 Å². The van der Waals surface area contributed by atoms with E-state index in [0.29, 0.717) is 44.2 Å². The first-order chi connectivity index (χ1) is 9.22. The Balaban J connectivity index is 2.05. The summed E-state index contributed by atoms with van der Waals surface area (Å²) >= 11 is 0. The van der Waals surface area contributed by atoms with Gasteiger partial charge in [0, 0.05) is 31.4 Å². The van der Waals surface area contributed by atoms with Crippen molar-refractivity contribution in [3.63, 3.8) is 0 Å². The average molecular weight is 266 g/mol. The summed E-state index contributed by atoms with van der Waals surface area (Å²) in [6.45, 7) is 4.18. The summed E-state index contributed by atoms with van der Waals surface area (Å²) in [5, 5.41) is 2.79. The van der Waals surface area contributed by atoms with Gasteiger partial charge >= 0.3 is 0 Å². The van der Waals surface area contributed by atoms with Gasteiger partial charge in [0.2, 0.25) is 5.91 Å². The summed E-state index contributed by atoms with van der Waals surface area (Å²) < 4.78 is 10.6. The number of hydrogen-bond donors (Lipinski definition) is 2. The molecule has 0 saturated heterocycles. The second-order valence-corrected chi connectivity index (χ2v) is 4.07. The van der Waals surface area contributed by atoms with E-state index in [4.69, 9.17) is 15.2 Å². The van der Waals surface area contributed by atoms with Crippen molar-refractivity contribution in [1.29, 1.82) is 0 Å². The SMILES string of the molecule is CCOCCCC(=O)NCCOc1cccc(N)c1. The van der Waals surface area contributed by atoms with Crippen molar-refractivity contribution in [1.82, 2.24) is 5.32 Å². The molecule has 5 nitrogen and oxygen atoms in total. The maximum absolute atomic E-state index is 11.4. The fraction of sp³-hybridized carbons (Fsp3) is 0.500. The summed E-state index contributed by atoms with van der Waals surface area (Å²) in [7, 11) is 0. The van der Waals surface area contributed by atoms with Gasteiger partial charge in [-0.3, -0.25) is 4.79 Å². The molecular weight excluding hydrogens is 244 g/mol. The molecule has 0 fully saturated rings. The number of benzene rings is 1. The Morgan fingerprint density at radius 1 is 1.37 bits per heavy atom. The van der Waals surface area contributed by atoms with E-state index in [-0.39, 0.29) is 5.91 Å². The third-order valence-electron chi connectivity index (χ3n) is 2.45. The zero-order valence-electron chi connectivity index (χ0n) is 11.4. The summed E-state index contributed by atoms with van der Waals surface area (Å²) in [5.41, 5.74) is 6.29. The lowest BCUT2D eigenvalue weighted by atomic mass is 10.3. The van der Waals surface area contributed by atoms with Gasteiger partial charge in [-0.2, -0.15) is 0 Å². The smallest absolute Gasteiger partial charge is 0.220 e. The van der Waals surface area contributed by atoms with Gasteiger partial charge in [0.05, 0.1) is 6.54 Å². The number of anilines is 1. The minimum absolute atomic E-state index is 0.0240. The van der Waals surface area contributed by atoms with Gasteiger partial charge in [-0.05, 0) is 25.5 Å². The van der Waals surface area contributed by atoms with Gasteiger partial charge in [-0.25, -0.2) is 0 Å². The van der Waals surface area contributed by atoms with Crippen LogP contribution in [0.25, 0.3) is 0 Å². The number of rotatable bonds is 9. The highest BCUT2D eigenvalue weighted by Gasteiger charge is 2.00. The van der Waals surface area contributed by atoms with Crippen LogP contribution in [0.15, 0.2) is 24.3 Å². The van der Waals surface area contributed by atoms with E-state index in [0.717, 1.165) is 6.42 Å². The molecule has 0 saturated carbocycles. The standard InChI is InChI=1S/C14H22N2O3/c1-2-18-9-4-7-14(17)16-8-10-19-13-6-3-5-12(15)11-13/h3,5-6,11H,2,4,7-10,15H2,1H3,(H,16,17). The summed E-state index contributed by atoms with van der Waals surface area (Å²) in [5.74, 6) is 0.737. The van der Waals surface area contributed by atoms with Gasteiger partial charge < -0.3 is 20.5 Å². The number of carbonyl (C=O) groups is 1. The van der Waals surface area contributed by atoms with E-state index < -0.39 is 0 Å². The molecule has 0 heterocycles. The third-order valence-corrected chi connectivity index (χ3v) is 2.45. The molecule has 0 aromatic heterocycles. The van der Waals surface area contributed by atoms with Crippen LogP contribution in [0, 0.1) is 0 Å². The van der Waals surface area contributed by atoms with E-state index in [1.54, 1.807) is 12.1 Å². The normalized spacial score (nSPS) is 10.2. The lowest BCUT2D eigenvalue weighted by Crippen LogP contribution is -2.28. The molecule has 0 aliphatic carbocycles. The van der Waals surface area contributed by atoms with Crippen LogP contribution in [0.1, 0.15) is 19.8 Å². The quantitative estimate of drug-likeness (QED) is 0.526. The Bertz CT molecular complexity index is 383. The second-order valence-electron chi connectivity index (χ2n) is 4.07. The van der Waals surface area contributed by atoms with Crippen LogP contribution in [0.4, 0.5) is 5.69 Å². The largest absolute Gasteiger partial charge is 0.492 e. The van der Waals surface area contributed by atoms with E-state index in [2.05, 4.69) is 5.32 Å². The van der Waals surface area contributed by atoms with Crippen LogP contribution in [-0.4, -0.2) is 32.3 Å². The fourth-order valence-corrected chi connectivity index (χ4v) is 1.53. The van der Waals surface area contributed by atoms with Crippen molar-refractivity contribution in [2.24, 2.45) is 0 Å². The van der Waals surface area contributed by atoms with Crippen molar-refractivity contribution >= 4 is 11.6 Å². The molecule has 0 unspecified atom stereocenters. The van der Waals surface area contributed by atoms with Crippen molar-refractivity contribution in [2.75, 3.05) is 32.1 Å². The summed E-state index contributed by atoms with van der Waals surface area (Å²) in [6, 6.07) is 7.22. The molecular formula is C14H22N2O3. The Morgan fingerprint density at radius 3 is 2.95 bits per heavy atom. The molecule has 106 valence electrons. The number of ether oxygens (including phenoxy) is 2. The zero-order valence-corrected chi connectivity index (χ0v) is 11.4. The van der Waals surface area contributed by atoms with Crippen LogP contribution < -0.4 is 15.8 Å². The van der Waals surface area contributed by atoms with Crippen molar-refractivity contribution < 1.29 is 14.3 Å². The van der Waals surface area contributed by atoms with Crippen molar-refractivity contribution in [3.8, 4) is 5.75 Å². The molecule has 0 bridgehead atoms. The monoisotopic (exact) mass is 266 g/mol. The summed E-state index contributed by atoms with van der Waals surface area (Å²) in [6.07, 6.45) is 1.23. The average Bonchev–Trinajstić information content (AvgIpc) is 2.40. The molecule has 1 amide bonds. The Labute approximate surface area is 114 Å². The van der Waals surface area contributed by atoms with Crippen LogP contribution in [-0.2, 0) is 9.53 Å². The van der Waals surface area contributed by atoms with Gasteiger partial charge in [0.1, 0.15) is 12.4 Å². The predicted octanol–water partition coefficient (Wildman–Crippen LogP) is 1.58. The molecule has 0 spiro atoms. The Kier molecular flexibility index (Phi) is 7.43. The van der Waals surface area contributed by atoms with E-state index in [9.17, 15) is 4.79 Å². The lowest BCUT2D eigenvalue weighted by molar-refractivity contribution is -0.121. The number of hydrogen-bond acceptors (Lipinski definition) is 4. The van der Waals surface area contributed by atoms with Gasteiger partial charge in [-0.1, -0.05) is 6.07 Å². The van der Waals surface area contributed by atoms with Crippen molar-refractivity contribution in [2.45, 2.75) is 19.8 Å². The number of amides is 1. The minimum atomic E-state index is 0.0240. The first kappa shape index (κ1) is 15.3. The Morgan fingerprint density at radius 2 is 2.21 bits per heavy atom. The fourth-order valence-electron chi connectivity index (χ4n) is 1.53. The maximum Gasteiger partial charge on any atom is 0.220 e. The highest BCUT2D eigenvalue weighted by molar-refractivity contribution is 5.75. The molecule has 0 aliphatic rings. The number of nitrogen functional groups attached to an aromatic ring is 1. The van der Waals surface area contributed by atoms with Crippen LogP contribution in [0.2, 0.25) is 0 Å². The second kappa shape index (κ2) is 9.22. The summed E-state index contributed by atoms with van der Waals surface area (Å²) in [4.78, 5) is 11.4. The molecule has 0 atom stereocenters. The lowest BCUT2D eigenvalue weighted by Gasteiger charge is -2.08. The van der Waals surface area contributed by atoms with Crippen LogP contribution in [0.5, 0.6) is 5.75 Å². The molecule has 1 rings (SSSR count). The van der Waals surface area contributed by atoms with E-state index in [1.165, 1.54) is 0 Å². The predicted molar refractivity (Wildman–Crippen MR) is 75.1 cm³/mol. The zero-order chi connectivity index (χ0) is 13.9. The molecule has 3 N–H and O–H groups in total. The first-order valence-corrected chi connectivity index (χ1v) is 6.55. The molecule has 19 heavy (non-hydrogen) atoms. The topological polar surface area (TPSA) is 73.6 Å². The Hall–Kier alpha value is -1.75. The van der Waals surface area contributed by atoms with Crippen LogP contribution >= 0.6 is 0 Å². The van der Waals surface area contributed by atoms with Crippen LogP contribution in [0.3, 0.4) is 0 Å². The molecule has 1 aromatic carbocycles. The van der Waals surface area contributed by atoms with Crippen molar-refractivity contribution in [3.05, 3.63) is 24.3 Å². The van der Waals surface area contributed by atoms with Gasteiger partial charge in [0.25, 0.3) is 0 Å². The number of nitrogens with one attached hydrogen (secondary N) is 1. The highest BCUT2D eigenvalue weighted by atomic mass is 16.5. The molecule has 1 aromatic rings. The van der Waals surface area contributed by atoms with Gasteiger partial charge in [-0.15, -0.1) is 0 Å². The molecule has 5 heteroatoms. The molecule has 0 aliphatic heterocycles. The molecule has 0 radical (unpaired) electrons. The maximum atomic E-state index is 11.4. The number of carbonyl (C=O) groups excluding carboxylic acids is 1. The minimum Gasteiger partial charge on any atom is -0.492 e. The third kappa shape index (κ3) is 7.31. The highest BCUT2D eigenvalue weighted by Crippen LogP contribution is 2.13. The first-order valence-electron chi connectivity index (χ1n) is 6.55. The van der Waals surface area contributed by atoms with E-state index in [1.807, 2.05) is 19.1 Å².